The van der Waals surface area contributed by atoms with Gasteiger partial charge in [-0.05, 0) is 25.1 Å². The molecule has 1 atom stereocenters. The number of halogens is 2. The first kappa shape index (κ1) is 16.4. The van der Waals surface area contributed by atoms with Crippen LogP contribution in [0.15, 0.2) is 22.7 Å². The zero-order valence-corrected chi connectivity index (χ0v) is 12.9. The first-order chi connectivity index (χ1) is 10.5. The molecule has 1 N–H and O–H groups in total. The van der Waals surface area contributed by atoms with Gasteiger partial charge in [0.15, 0.2) is 5.82 Å². The lowest BCUT2D eigenvalue weighted by Crippen LogP contribution is -2.27. The number of rotatable bonds is 6. The van der Waals surface area contributed by atoms with E-state index < -0.39 is 17.8 Å². The summed E-state index contributed by atoms with van der Waals surface area (Å²) in [6.07, 6.45) is 0.506. The summed E-state index contributed by atoms with van der Waals surface area (Å²) in [5.74, 6) is -0.550. The molecule has 2 rings (SSSR count). The van der Waals surface area contributed by atoms with Gasteiger partial charge < -0.3 is 14.6 Å². The van der Waals surface area contributed by atoms with Crippen molar-refractivity contribution >= 4 is 17.5 Å². The molecule has 2 aromatic rings. The fraction of sp³-hybridized carbons (Fsp3) is 0.357. The molecule has 6 nitrogen and oxygen atoms in total. The van der Waals surface area contributed by atoms with Gasteiger partial charge in [-0.25, -0.2) is 4.39 Å². The molecule has 1 heterocycles. The number of amides is 1. The lowest BCUT2D eigenvalue weighted by atomic mass is 10.2. The van der Waals surface area contributed by atoms with Crippen LogP contribution in [0.5, 0.6) is 0 Å². The third-order valence-electron chi connectivity index (χ3n) is 2.91. The third-order valence-corrected chi connectivity index (χ3v) is 3.14. The van der Waals surface area contributed by atoms with Gasteiger partial charge in [-0.3, -0.25) is 4.79 Å². The molecule has 0 aliphatic heterocycles. The molecule has 0 aliphatic rings. The van der Waals surface area contributed by atoms with Crippen molar-refractivity contribution in [2.75, 3.05) is 13.7 Å². The average Bonchev–Trinajstić information content (AvgIpc) is 2.93. The summed E-state index contributed by atoms with van der Waals surface area (Å²) in [4.78, 5) is 16.2. The lowest BCUT2D eigenvalue weighted by molar-refractivity contribution is 0.0928. The van der Waals surface area contributed by atoms with Crippen LogP contribution in [0, 0.1) is 5.82 Å². The molecule has 0 fully saturated rings. The average molecular weight is 328 g/mol. The number of carbonyl (C=O) groups excluding carboxylic acids is 1. The van der Waals surface area contributed by atoms with Crippen molar-refractivity contribution in [2.24, 2.45) is 0 Å². The summed E-state index contributed by atoms with van der Waals surface area (Å²) in [6, 6.07) is 3.29. The Hall–Kier alpha value is -1.99. The van der Waals surface area contributed by atoms with E-state index in [1.165, 1.54) is 12.1 Å². The molecule has 0 spiro atoms. The minimum absolute atomic E-state index is 0.102. The Labute approximate surface area is 131 Å². The first-order valence-corrected chi connectivity index (χ1v) is 6.96. The van der Waals surface area contributed by atoms with Crippen LogP contribution in [0.2, 0.25) is 5.02 Å². The van der Waals surface area contributed by atoms with E-state index in [9.17, 15) is 9.18 Å². The number of ether oxygens (including phenoxy) is 1. The standard InChI is InChI=1S/C14H15ClFN3O3/c1-8(14-18-12(19-22-14)5-6-21-2)17-13(20)10-4-3-9(15)7-11(10)16/h3-4,7-8H,5-6H2,1-2H3,(H,17,20). The number of hydrogen-bond donors (Lipinski definition) is 1. The van der Waals surface area contributed by atoms with Crippen molar-refractivity contribution in [3.8, 4) is 0 Å². The summed E-state index contributed by atoms with van der Waals surface area (Å²) < 4.78 is 23.7. The van der Waals surface area contributed by atoms with Gasteiger partial charge in [-0.15, -0.1) is 0 Å². The molecule has 0 saturated heterocycles. The molecule has 0 bridgehead atoms. The number of nitrogens with one attached hydrogen (secondary N) is 1. The molecule has 0 radical (unpaired) electrons. The molecular weight excluding hydrogens is 313 g/mol. The summed E-state index contributed by atoms with van der Waals surface area (Å²) in [5.41, 5.74) is -0.102. The Morgan fingerprint density at radius 1 is 1.55 bits per heavy atom. The fourth-order valence-electron chi connectivity index (χ4n) is 1.75. The van der Waals surface area contributed by atoms with Crippen LogP contribution in [0.1, 0.15) is 35.0 Å². The second kappa shape index (κ2) is 7.33. The van der Waals surface area contributed by atoms with Crippen molar-refractivity contribution in [1.29, 1.82) is 0 Å². The van der Waals surface area contributed by atoms with Crippen LogP contribution in [-0.4, -0.2) is 29.8 Å². The highest BCUT2D eigenvalue weighted by molar-refractivity contribution is 6.30. The van der Waals surface area contributed by atoms with Gasteiger partial charge in [0.05, 0.1) is 12.2 Å². The zero-order chi connectivity index (χ0) is 16.1. The molecular formula is C14H15ClFN3O3. The van der Waals surface area contributed by atoms with Crippen molar-refractivity contribution in [2.45, 2.75) is 19.4 Å². The Balaban J connectivity index is 2.03. The van der Waals surface area contributed by atoms with E-state index >= 15 is 0 Å². The van der Waals surface area contributed by atoms with Gasteiger partial charge in [-0.2, -0.15) is 4.98 Å². The maximum Gasteiger partial charge on any atom is 0.254 e. The first-order valence-electron chi connectivity index (χ1n) is 6.58. The Morgan fingerprint density at radius 2 is 2.32 bits per heavy atom. The summed E-state index contributed by atoms with van der Waals surface area (Å²) in [6.45, 7) is 2.13. The fourth-order valence-corrected chi connectivity index (χ4v) is 1.91. The van der Waals surface area contributed by atoms with E-state index in [2.05, 4.69) is 15.5 Å². The molecule has 0 aliphatic carbocycles. The second-order valence-corrected chi connectivity index (χ2v) is 5.05. The lowest BCUT2D eigenvalue weighted by Gasteiger charge is -2.10. The normalized spacial score (nSPS) is 12.2. The van der Waals surface area contributed by atoms with Crippen LogP contribution < -0.4 is 5.32 Å². The van der Waals surface area contributed by atoms with Gasteiger partial charge in [0, 0.05) is 18.6 Å². The predicted octanol–water partition coefficient (Wildman–Crippen LogP) is 2.54. The smallest absolute Gasteiger partial charge is 0.254 e. The number of carbonyl (C=O) groups is 1. The van der Waals surface area contributed by atoms with E-state index in [4.69, 9.17) is 20.9 Å². The minimum Gasteiger partial charge on any atom is -0.384 e. The molecule has 1 aromatic heterocycles. The number of benzene rings is 1. The third kappa shape index (κ3) is 4.02. The molecule has 118 valence electrons. The second-order valence-electron chi connectivity index (χ2n) is 4.61. The van der Waals surface area contributed by atoms with Gasteiger partial charge >= 0.3 is 0 Å². The zero-order valence-electron chi connectivity index (χ0n) is 12.1. The van der Waals surface area contributed by atoms with Crippen LogP contribution in [0.4, 0.5) is 4.39 Å². The summed E-state index contributed by atoms with van der Waals surface area (Å²) in [5, 5.41) is 6.59. The number of hydrogen-bond acceptors (Lipinski definition) is 5. The highest BCUT2D eigenvalue weighted by atomic mass is 35.5. The van der Waals surface area contributed by atoms with Gasteiger partial charge in [0.25, 0.3) is 5.91 Å². The molecule has 0 saturated carbocycles. The Morgan fingerprint density at radius 3 is 3.00 bits per heavy atom. The van der Waals surface area contributed by atoms with Crippen molar-refractivity contribution < 1.29 is 18.4 Å². The molecule has 1 amide bonds. The van der Waals surface area contributed by atoms with E-state index in [1.807, 2.05) is 0 Å². The van der Waals surface area contributed by atoms with E-state index in [1.54, 1.807) is 14.0 Å². The Bertz CT molecular complexity index is 663. The molecule has 1 unspecified atom stereocenters. The summed E-state index contributed by atoms with van der Waals surface area (Å²) in [7, 11) is 1.57. The van der Waals surface area contributed by atoms with Crippen LogP contribution in [0.25, 0.3) is 0 Å². The topological polar surface area (TPSA) is 77.3 Å². The number of aromatic nitrogens is 2. The highest BCUT2D eigenvalue weighted by Crippen LogP contribution is 2.16. The van der Waals surface area contributed by atoms with E-state index in [-0.39, 0.29) is 16.5 Å². The largest absolute Gasteiger partial charge is 0.384 e. The van der Waals surface area contributed by atoms with Crippen molar-refractivity contribution in [3.05, 3.63) is 46.3 Å². The maximum absolute atomic E-state index is 13.7. The predicted molar refractivity (Wildman–Crippen MR) is 77.2 cm³/mol. The number of nitrogens with zero attached hydrogens (tertiary/aromatic N) is 2. The van der Waals surface area contributed by atoms with Crippen molar-refractivity contribution in [1.82, 2.24) is 15.5 Å². The van der Waals surface area contributed by atoms with Gasteiger partial charge in [0.2, 0.25) is 5.89 Å². The maximum atomic E-state index is 13.7. The van der Waals surface area contributed by atoms with Gasteiger partial charge in [-0.1, -0.05) is 16.8 Å². The van der Waals surface area contributed by atoms with E-state index in [0.717, 1.165) is 6.07 Å². The van der Waals surface area contributed by atoms with E-state index in [0.29, 0.717) is 18.9 Å². The molecule has 22 heavy (non-hydrogen) atoms. The van der Waals surface area contributed by atoms with Gasteiger partial charge in [0.1, 0.15) is 11.9 Å². The molecule has 8 heteroatoms. The quantitative estimate of drug-likeness (QED) is 0.882. The minimum atomic E-state index is -0.691. The molecule has 1 aromatic carbocycles. The van der Waals surface area contributed by atoms with Crippen molar-refractivity contribution in [3.63, 3.8) is 0 Å². The summed E-state index contributed by atoms with van der Waals surface area (Å²) >= 11 is 5.65. The SMILES string of the molecule is COCCc1noc(C(C)NC(=O)c2ccc(Cl)cc2F)n1. The van der Waals surface area contributed by atoms with Crippen LogP contribution in [-0.2, 0) is 11.2 Å². The number of methoxy groups -OCH3 is 1. The van der Waals surface area contributed by atoms with Crippen LogP contribution in [0.3, 0.4) is 0 Å². The Kier molecular flexibility index (Phi) is 5.46. The van der Waals surface area contributed by atoms with Crippen LogP contribution >= 0.6 is 11.6 Å². The highest BCUT2D eigenvalue weighted by Gasteiger charge is 2.19. The monoisotopic (exact) mass is 327 g/mol.